The lowest BCUT2D eigenvalue weighted by Gasteiger charge is -2.21. The van der Waals surface area contributed by atoms with Crippen LogP contribution in [-0.4, -0.2) is 17.0 Å². The molecular weight excluding hydrogens is 276 g/mol. The minimum atomic E-state index is -0.121. The lowest BCUT2D eigenvalue weighted by atomic mass is 10.0. The smallest absolute Gasteiger partial charge is 0.0841 e. The maximum Gasteiger partial charge on any atom is 0.0841 e. The van der Waals surface area contributed by atoms with Crippen LogP contribution >= 0.6 is 15.9 Å². The van der Waals surface area contributed by atoms with Gasteiger partial charge in [0, 0.05) is 5.33 Å². The van der Waals surface area contributed by atoms with Gasteiger partial charge in [-0.15, -0.1) is 6.58 Å². The van der Waals surface area contributed by atoms with Gasteiger partial charge in [0.2, 0.25) is 0 Å². The summed E-state index contributed by atoms with van der Waals surface area (Å²) in [7, 11) is 0. The fourth-order valence-corrected chi connectivity index (χ4v) is 2.74. The predicted molar refractivity (Wildman–Crippen MR) is 78.7 cm³/mol. The van der Waals surface area contributed by atoms with Crippen LogP contribution in [0.4, 0.5) is 0 Å². The summed E-state index contributed by atoms with van der Waals surface area (Å²) in [4.78, 5) is 0. The van der Waals surface area contributed by atoms with Gasteiger partial charge in [0.1, 0.15) is 0 Å². The van der Waals surface area contributed by atoms with E-state index in [0.717, 1.165) is 30.5 Å². The third-order valence-corrected chi connectivity index (χ3v) is 4.11. The molecule has 0 amide bonds. The van der Waals surface area contributed by atoms with Crippen LogP contribution in [0.1, 0.15) is 46.5 Å². The first-order valence-corrected chi connectivity index (χ1v) is 7.69. The van der Waals surface area contributed by atoms with Crippen molar-refractivity contribution in [3.05, 3.63) is 24.3 Å². The Balaban J connectivity index is 2.54. The third kappa shape index (κ3) is 4.59. The Morgan fingerprint density at radius 2 is 2.29 bits per heavy atom. The van der Waals surface area contributed by atoms with Gasteiger partial charge >= 0.3 is 0 Å². The molecule has 1 aliphatic rings. The molecule has 2 atom stereocenters. The number of alkyl halides is 1. The minimum Gasteiger partial charge on any atom is -0.364 e. The van der Waals surface area contributed by atoms with Crippen LogP contribution in [0.25, 0.3) is 0 Å². The number of ether oxygens (including phenoxy) is 1. The molecule has 0 aromatic carbocycles. The summed E-state index contributed by atoms with van der Waals surface area (Å²) < 4.78 is 6.09. The minimum absolute atomic E-state index is 0.121. The van der Waals surface area contributed by atoms with E-state index in [4.69, 9.17) is 4.74 Å². The molecule has 0 aromatic heterocycles. The van der Waals surface area contributed by atoms with Crippen LogP contribution in [0.2, 0.25) is 0 Å². The van der Waals surface area contributed by atoms with Crippen LogP contribution in [0.5, 0.6) is 0 Å². The third-order valence-electron chi connectivity index (χ3n) is 3.46. The van der Waals surface area contributed by atoms with Crippen LogP contribution in [0.15, 0.2) is 24.3 Å². The highest BCUT2D eigenvalue weighted by Gasteiger charge is 2.34. The second-order valence-corrected chi connectivity index (χ2v) is 6.11. The van der Waals surface area contributed by atoms with Gasteiger partial charge in [-0.3, -0.25) is 0 Å². The molecule has 0 aromatic rings. The first kappa shape index (κ1) is 15.0. The van der Waals surface area contributed by atoms with Gasteiger partial charge in [-0.1, -0.05) is 41.9 Å². The maximum absolute atomic E-state index is 6.09. The Labute approximate surface area is 114 Å². The zero-order valence-corrected chi connectivity index (χ0v) is 12.9. The summed E-state index contributed by atoms with van der Waals surface area (Å²) in [6.07, 6.45) is 9.17. The Kier molecular flexibility index (Phi) is 5.94. The van der Waals surface area contributed by atoms with Gasteiger partial charge in [-0.05, 0) is 44.1 Å². The highest BCUT2D eigenvalue weighted by atomic mass is 79.9. The summed E-state index contributed by atoms with van der Waals surface area (Å²) in [6.45, 7) is 10.5. The zero-order valence-electron chi connectivity index (χ0n) is 11.3. The topological polar surface area (TPSA) is 9.23 Å². The highest BCUT2D eigenvalue weighted by molar-refractivity contribution is 9.09. The van der Waals surface area contributed by atoms with Crippen molar-refractivity contribution < 1.29 is 4.74 Å². The van der Waals surface area contributed by atoms with Crippen molar-refractivity contribution in [2.24, 2.45) is 5.92 Å². The molecule has 0 spiro atoms. The molecule has 1 heterocycles. The molecular formula is C15H25BrO. The molecule has 2 heteroatoms. The molecule has 1 fully saturated rings. The summed E-state index contributed by atoms with van der Waals surface area (Å²) in [5.74, 6) is 0.769. The van der Waals surface area contributed by atoms with Gasteiger partial charge in [-0.25, -0.2) is 0 Å². The Morgan fingerprint density at radius 1 is 1.59 bits per heavy atom. The van der Waals surface area contributed by atoms with E-state index in [1.807, 2.05) is 6.08 Å². The zero-order chi connectivity index (χ0) is 12.9. The van der Waals surface area contributed by atoms with Gasteiger partial charge in [0.25, 0.3) is 0 Å². The average molecular weight is 301 g/mol. The predicted octanol–water partition coefficient (Wildman–Crippen LogP) is 4.87. The Morgan fingerprint density at radius 3 is 2.76 bits per heavy atom. The molecule has 1 aliphatic heterocycles. The van der Waals surface area contributed by atoms with Crippen LogP contribution in [0, 0.1) is 5.92 Å². The van der Waals surface area contributed by atoms with Crippen molar-refractivity contribution in [2.45, 2.75) is 58.2 Å². The highest BCUT2D eigenvalue weighted by Crippen LogP contribution is 2.34. The summed E-state index contributed by atoms with van der Waals surface area (Å²) in [5.41, 5.74) is 1.28. The maximum atomic E-state index is 6.09. The van der Waals surface area contributed by atoms with E-state index >= 15 is 0 Å². The van der Waals surface area contributed by atoms with Crippen molar-refractivity contribution in [3.63, 3.8) is 0 Å². The fourth-order valence-electron chi connectivity index (χ4n) is 2.15. The van der Waals surface area contributed by atoms with E-state index in [1.54, 1.807) is 0 Å². The standard InChI is InChI=1S/C15H25BrO/c1-5-15(4)10-9-14(17-15)13(11-16)8-6-7-12(2)3/h5,8,12,14H,1,6-7,9-11H2,2-4H3/b13-8+. The first-order chi connectivity index (χ1) is 8.00. The second kappa shape index (κ2) is 6.75. The Bertz CT molecular complexity index is 283. The van der Waals surface area contributed by atoms with Crippen molar-refractivity contribution in [1.82, 2.24) is 0 Å². The quantitative estimate of drug-likeness (QED) is 0.502. The van der Waals surface area contributed by atoms with E-state index in [-0.39, 0.29) is 11.7 Å². The Hall–Kier alpha value is -0.0800. The van der Waals surface area contributed by atoms with Crippen molar-refractivity contribution in [2.75, 3.05) is 5.33 Å². The van der Waals surface area contributed by atoms with E-state index in [9.17, 15) is 0 Å². The second-order valence-electron chi connectivity index (χ2n) is 5.55. The fraction of sp³-hybridized carbons (Fsp3) is 0.733. The van der Waals surface area contributed by atoms with Crippen LogP contribution < -0.4 is 0 Å². The van der Waals surface area contributed by atoms with Crippen molar-refractivity contribution >= 4 is 15.9 Å². The van der Waals surface area contributed by atoms with Crippen LogP contribution in [0.3, 0.4) is 0 Å². The molecule has 1 saturated heterocycles. The lowest BCUT2D eigenvalue weighted by molar-refractivity contribution is 0.0223. The van der Waals surface area contributed by atoms with Gasteiger partial charge in [-0.2, -0.15) is 0 Å². The molecule has 0 bridgehead atoms. The number of allylic oxidation sites excluding steroid dienone is 1. The first-order valence-electron chi connectivity index (χ1n) is 6.57. The normalized spacial score (nSPS) is 29.9. The monoisotopic (exact) mass is 300 g/mol. The van der Waals surface area contributed by atoms with E-state index in [1.165, 1.54) is 12.0 Å². The number of halogens is 1. The molecule has 0 radical (unpaired) electrons. The molecule has 0 saturated carbocycles. The van der Waals surface area contributed by atoms with Crippen molar-refractivity contribution in [1.29, 1.82) is 0 Å². The lowest BCUT2D eigenvalue weighted by Crippen LogP contribution is -2.22. The van der Waals surface area contributed by atoms with E-state index in [2.05, 4.69) is 49.4 Å². The largest absolute Gasteiger partial charge is 0.364 e. The van der Waals surface area contributed by atoms with Gasteiger partial charge < -0.3 is 4.74 Å². The van der Waals surface area contributed by atoms with E-state index < -0.39 is 0 Å². The molecule has 0 N–H and O–H groups in total. The van der Waals surface area contributed by atoms with Gasteiger partial charge in [0.05, 0.1) is 11.7 Å². The van der Waals surface area contributed by atoms with Gasteiger partial charge in [0.15, 0.2) is 0 Å². The average Bonchev–Trinajstić information content (AvgIpc) is 2.68. The molecule has 2 unspecified atom stereocenters. The summed E-state index contributed by atoms with van der Waals surface area (Å²) in [5, 5.41) is 0.920. The number of rotatable bonds is 6. The number of hydrogen-bond donors (Lipinski definition) is 0. The van der Waals surface area contributed by atoms with E-state index in [0.29, 0.717) is 0 Å². The molecule has 1 nitrogen and oxygen atoms in total. The van der Waals surface area contributed by atoms with Crippen LogP contribution in [-0.2, 0) is 4.74 Å². The molecule has 17 heavy (non-hydrogen) atoms. The number of hydrogen-bond acceptors (Lipinski definition) is 1. The molecule has 98 valence electrons. The summed E-state index contributed by atoms with van der Waals surface area (Å²) >= 11 is 3.58. The summed E-state index contributed by atoms with van der Waals surface area (Å²) in [6, 6.07) is 0. The SMILES string of the molecule is C=CC1(C)CCC(/C(=C/CCC(C)C)CBr)O1. The molecule has 0 aliphatic carbocycles. The van der Waals surface area contributed by atoms with Crippen molar-refractivity contribution in [3.8, 4) is 0 Å². The molecule has 1 rings (SSSR count).